The molecule has 2 aromatic carbocycles. The minimum Gasteiger partial charge on any atom is -0.493 e. The van der Waals surface area contributed by atoms with Gasteiger partial charge in [0.15, 0.2) is 11.5 Å². The van der Waals surface area contributed by atoms with Crippen LogP contribution < -0.4 is 14.8 Å². The average Bonchev–Trinajstić information content (AvgIpc) is 2.51. The highest BCUT2D eigenvalue weighted by Crippen LogP contribution is 2.35. The van der Waals surface area contributed by atoms with Gasteiger partial charge in [-0.15, -0.1) is 0 Å². The number of ether oxygens (including phenoxy) is 2. The van der Waals surface area contributed by atoms with Gasteiger partial charge in [0, 0.05) is 28.7 Å². The fourth-order valence-corrected chi connectivity index (χ4v) is 2.39. The number of halogens is 1. The Morgan fingerprint density at radius 2 is 1.78 bits per heavy atom. The zero-order valence-corrected chi connectivity index (χ0v) is 14.9. The van der Waals surface area contributed by atoms with Crippen molar-refractivity contribution in [3.63, 3.8) is 0 Å². The summed E-state index contributed by atoms with van der Waals surface area (Å²) >= 11 is 6.20. The zero-order valence-electron chi connectivity index (χ0n) is 14.2. The Balaban J connectivity index is 2.23. The molecule has 0 atom stereocenters. The molecule has 0 amide bonds. The summed E-state index contributed by atoms with van der Waals surface area (Å²) in [4.78, 5) is 0. The lowest BCUT2D eigenvalue weighted by atomic mass is 10.1. The van der Waals surface area contributed by atoms with Gasteiger partial charge in [0.1, 0.15) is 6.61 Å². The van der Waals surface area contributed by atoms with E-state index in [4.69, 9.17) is 21.1 Å². The van der Waals surface area contributed by atoms with Crippen LogP contribution in [0.1, 0.15) is 31.9 Å². The molecule has 0 heterocycles. The molecule has 0 fully saturated rings. The summed E-state index contributed by atoms with van der Waals surface area (Å²) in [7, 11) is 1.63. The Morgan fingerprint density at radius 3 is 2.39 bits per heavy atom. The van der Waals surface area contributed by atoms with Crippen LogP contribution in [0.5, 0.6) is 11.5 Å². The number of hydrogen-bond donors (Lipinski definition) is 1. The van der Waals surface area contributed by atoms with Crippen LogP contribution >= 0.6 is 11.6 Å². The van der Waals surface area contributed by atoms with E-state index in [-0.39, 0.29) is 5.54 Å². The summed E-state index contributed by atoms with van der Waals surface area (Å²) in [6.07, 6.45) is 0. The molecule has 124 valence electrons. The first-order valence-corrected chi connectivity index (χ1v) is 8.05. The van der Waals surface area contributed by atoms with Gasteiger partial charge in [0.05, 0.1) is 7.11 Å². The number of methoxy groups -OCH3 is 1. The van der Waals surface area contributed by atoms with E-state index in [9.17, 15) is 0 Å². The summed E-state index contributed by atoms with van der Waals surface area (Å²) < 4.78 is 11.5. The third-order valence-electron chi connectivity index (χ3n) is 3.35. The first-order valence-electron chi connectivity index (χ1n) is 7.67. The van der Waals surface area contributed by atoms with E-state index in [2.05, 4.69) is 26.1 Å². The standard InChI is InChI=1S/C19H24ClNO2/c1-19(2,3)21-12-15-10-16(20)11-17(22-4)18(15)23-13-14-8-6-5-7-9-14/h5-11,21H,12-13H2,1-4H3. The normalized spacial score (nSPS) is 11.3. The van der Waals surface area contributed by atoms with E-state index in [1.807, 2.05) is 36.4 Å². The quantitative estimate of drug-likeness (QED) is 0.822. The molecular formula is C19H24ClNO2. The van der Waals surface area contributed by atoms with Crippen molar-refractivity contribution in [2.24, 2.45) is 0 Å². The second-order valence-electron chi connectivity index (χ2n) is 6.47. The monoisotopic (exact) mass is 333 g/mol. The maximum atomic E-state index is 6.20. The van der Waals surface area contributed by atoms with Gasteiger partial charge in [-0.25, -0.2) is 0 Å². The second kappa shape index (κ2) is 7.71. The second-order valence-corrected chi connectivity index (χ2v) is 6.91. The molecular weight excluding hydrogens is 310 g/mol. The Labute approximate surface area is 143 Å². The van der Waals surface area contributed by atoms with Crippen molar-refractivity contribution in [3.8, 4) is 11.5 Å². The molecule has 0 bridgehead atoms. The molecule has 0 spiro atoms. The Hall–Kier alpha value is -1.71. The highest BCUT2D eigenvalue weighted by Gasteiger charge is 2.16. The van der Waals surface area contributed by atoms with Crippen LogP contribution in [0, 0.1) is 0 Å². The van der Waals surface area contributed by atoms with Crippen LogP contribution in [0.3, 0.4) is 0 Å². The van der Waals surface area contributed by atoms with Crippen molar-refractivity contribution in [2.75, 3.05) is 7.11 Å². The summed E-state index contributed by atoms with van der Waals surface area (Å²) in [6.45, 7) is 7.52. The van der Waals surface area contributed by atoms with Gasteiger partial charge in [-0.05, 0) is 32.4 Å². The van der Waals surface area contributed by atoms with E-state index in [0.29, 0.717) is 23.9 Å². The Kier molecular flexibility index (Phi) is 5.91. The van der Waals surface area contributed by atoms with E-state index >= 15 is 0 Å². The molecule has 2 aromatic rings. The lowest BCUT2D eigenvalue weighted by molar-refractivity contribution is 0.279. The van der Waals surface area contributed by atoms with Gasteiger partial charge >= 0.3 is 0 Å². The minimum atomic E-state index is 0.00620. The summed E-state index contributed by atoms with van der Waals surface area (Å²) in [5, 5.41) is 4.10. The van der Waals surface area contributed by atoms with Gasteiger partial charge in [-0.1, -0.05) is 41.9 Å². The Bertz CT molecular complexity index is 636. The molecule has 0 aliphatic heterocycles. The lowest BCUT2D eigenvalue weighted by Crippen LogP contribution is -2.35. The molecule has 2 rings (SSSR count). The predicted molar refractivity (Wildman–Crippen MR) is 95.4 cm³/mol. The SMILES string of the molecule is COc1cc(Cl)cc(CNC(C)(C)C)c1OCc1ccccc1. The highest BCUT2D eigenvalue weighted by atomic mass is 35.5. The van der Waals surface area contributed by atoms with E-state index in [0.717, 1.165) is 16.9 Å². The predicted octanol–water partition coefficient (Wildman–Crippen LogP) is 4.82. The molecule has 0 saturated carbocycles. The molecule has 4 heteroatoms. The van der Waals surface area contributed by atoms with Crippen LogP contribution in [-0.2, 0) is 13.2 Å². The zero-order chi connectivity index (χ0) is 16.9. The first kappa shape index (κ1) is 17.6. The van der Waals surface area contributed by atoms with Crippen molar-refractivity contribution in [2.45, 2.75) is 39.5 Å². The van der Waals surface area contributed by atoms with Crippen molar-refractivity contribution >= 4 is 11.6 Å². The topological polar surface area (TPSA) is 30.5 Å². The van der Waals surface area contributed by atoms with E-state index in [1.165, 1.54) is 0 Å². The summed E-state index contributed by atoms with van der Waals surface area (Å²) in [5.41, 5.74) is 2.10. The van der Waals surface area contributed by atoms with Gasteiger partial charge in [0.25, 0.3) is 0 Å². The molecule has 0 unspecified atom stereocenters. The molecule has 1 N–H and O–H groups in total. The smallest absolute Gasteiger partial charge is 0.166 e. The average molecular weight is 334 g/mol. The fraction of sp³-hybridized carbons (Fsp3) is 0.368. The van der Waals surface area contributed by atoms with Crippen molar-refractivity contribution in [1.29, 1.82) is 0 Å². The summed E-state index contributed by atoms with van der Waals surface area (Å²) in [6, 6.07) is 13.8. The van der Waals surface area contributed by atoms with Crippen molar-refractivity contribution in [1.82, 2.24) is 5.32 Å². The van der Waals surface area contributed by atoms with Crippen LogP contribution in [0.15, 0.2) is 42.5 Å². The number of benzene rings is 2. The van der Waals surface area contributed by atoms with Gasteiger partial charge < -0.3 is 14.8 Å². The third kappa shape index (κ3) is 5.45. The van der Waals surface area contributed by atoms with Crippen LogP contribution in [0.25, 0.3) is 0 Å². The molecule has 23 heavy (non-hydrogen) atoms. The molecule has 0 aliphatic carbocycles. The van der Waals surface area contributed by atoms with Gasteiger partial charge in [-0.2, -0.15) is 0 Å². The number of hydrogen-bond acceptors (Lipinski definition) is 3. The largest absolute Gasteiger partial charge is 0.493 e. The van der Waals surface area contributed by atoms with Crippen LogP contribution in [-0.4, -0.2) is 12.6 Å². The molecule has 0 aliphatic rings. The molecule has 0 radical (unpaired) electrons. The van der Waals surface area contributed by atoms with E-state index in [1.54, 1.807) is 13.2 Å². The molecule has 3 nitrogen and oxygen atoms in total. The van der Waals surface area contributed by atoms with Crippen molar-refractivity contribution < 1.29 is 9.47 Å². The van der Waals surface area contributed by atoms with Crippen molar-refractivity contribution in [3.05, 3.63) is 58.6 Å². The first-order chi connectivity index (χ1) is 10.9. The van der Waals surface area contributed by atoms with Crippen LogP contribution in [0.2, 0.25) is 5.02 Å². The number of rotatable bonds is 6. The van der Waals surface area contributed by atoms with Gasteiger partial charge in [0.2, 0.25) is 0 Å². The maximum absolute atomic E-state index is 6.20. The molecule has 0 aromatic heterocycles. The summed E-state index contributed by atoms with van der Waals surface area (Å²) in [5.74, 6) is 1.39. The Morgan fingerprint density at radius 1 is 1.09 bits per heavy atom. The van der Waals surface area contributed by atoms with Gasteiger partial charge in [-0.3, -0.25) is 0 Å². The lowest BCUT2D eigenvalue weighted by Gasteiger charge is -2.22. The maximum Gasteiger partial charge on any atom is 0.166 e. The number of nitrogens with one attached hydrogen (secondary N) is 1. The molecule has 0 saturated heterocycles. The van der Waals surface area contributed by atoms with Crippen LogP contribution in [0.4, 0.5) is 0 Å². The third-order valence-corrected chi connectivity index (χ3v) is 3.57. The minimum absolute atomic E-state index is 0.00620. The highest BCUT2D eigenvalue weighted by molar-refractivity contribution is 6.30. The van der Waals surface area contributed by atoms with E-state index < -0.39 is 0 Å². The fourth-order valence-electron chi connectivity index (χ4n) is 2.16.